The largest absolute Gasteiger partial charge is 0.295 e. The van der Waals surface area contributed by atoms with E-state index < -0.39 is 0 Å². The third-order valence-electron chi connectivity index (χ3n) is 2.42. The zero-order valence-electron chi connectivity index (χ0n) is 7.84. The fraction of sp³-hybridized carbons (Fsp3) is 1.00. The Morgan fingerprint density at radius 2 is 2.09 bits per heavy atom. The first kappa shape index (κ1) is 9.40. The van der Waals surface area contributed by atoms with Gasteiger partial charge in [0.05, 0.1) is 5.37 Å². The molecule has 2 atom stereocenters. The third kappa shape index (κ3) is 3.04. The summed E-state index contributed by atoms with van der Waals surface area (Å²) in [4.78, 5) is 2.47. The van der Waals surface area contributed by atoms with E-state index in [2.05, 4.69) is 37.6 Å². The van der Waals surface area contributed by atoms with Gasteiger partial charge in [0.15, 0.2) is 0 Å². The molecule has 2 heteroatoms. The van der Waals surface area contributed by atoms with Gasteiger partial charge in [0.1, 0.15) is 0 Å². The van der Waals surface area contributed by atoms with Crippen LogP contribution in [0.15, 0.2) is 0 Å². The molecule has 1 aliphatic rings. The summed E-state index contributed by atoms with van der Waals surface area (Å²) < 4.78 is 0. The fourth-order valence-electron chi connectivity index (χ4n) is 1.54. The first-order valence-electron chi connectivity index (χ1n) is 4.52. The molecule has 0 aromatic carbocycles. The summed E-state index contributed by atoms with van der Waals surface area (Å²) in [6.07, 6.45) is 2.81. The van der Waals surface area contributed by atoms with Crippen LogP contribution >= 0.6 is 11.8 Å². The van der Waals surface area contributed by atoms with Crippen LogP contribution in [0.2, 0.25) is 0 Å². The van der Waals surface area contributed by atoms with Crippen LogP contribution in [-0.2, 0) is 0 Å². The molecule has 0 spiro atoms. The molecule has 0 radical (unpaired) electrons. The minimum Gasteiger partial charge on any atom is -0.295 e. The Kier molecular flexibility index (Phi) is 3.73. The van der Waals surface area contributed by atoms with Gasteiger partial charge in [0, 0.05) is 6.54 Å². The average molecular weight is 173 g/mol. The van der Waals surface area contributed by atoms with E-state index >= 15 is 0 Å². The van der Waals surface area contributed by atoms with Gasteiger partial charge in [-0.1, -0.05) is 6.92 Å². The fourth-order valence-corrected chi connectivity index (χ4v) is 2.56. The lowest BCUT2D eigenvalue weighted by molar-refractivity contribution is 0.267. The smallest absolute Gasteiger partial charge is 0.0526 e. The van der Waals surface area contributed by atoms with E-state index in [0.717, 1.165) is 11.3 Å². The van der Waals surface area contributed by atoms with Crippen LogP contribution < -0.4 is 0 Å². The van der Waals surface area contributed by atoms with Crippen molar-refractivity contribution in [3.8, 4) is 0 Å². The second-order valence-corrected chi connectivity index (χ2v) is 5.08. The van der Waals surface area contributed by atoms with Gasteiger partial charge >= 0.3 is 0 Å². The Labute approximate surface area is 74.5 Å². The van der Waals surface area contributed by atoms with E-state index in [0.29, 0.717) is 0 Å². The molecular formula is C9H19NS. The van der Waals surface area contributed by atoms with Crippen molar-refractivity contribution in [2.75, 3.05) is 19.3 Å². The molecule has 1 nitrogen and oxygen atoms in total. The van der Waals surface area contributed by atoms with Crippen molar-refractivity contribution in [1.29, 1.82) is 0 Å². The maximum Gasteiger partial charge on any atom is 0.0526 e. The quantitative estimate of drug-likeness (QED) is 0.553. The summed E-state index contributed by atoms with van der Waals surface area (Å²) in [5.74, 6) is 2.24. The number of rotatable bonds is 0. The Morgan fingerprint density at radius 3 is 2.82 bits per heavy atom. The van der Waals surface area contributed by atoms with Crippen LogP contribution in [0.4, 0.5) is 0 Å². The van der Waals surface area contributed by atoms with Gasteiger partial charge in [-0.25, -0.2) is 0 Å². The molecule has 0 aromatic heterocycles. The van der Waals surface area contributed by atoms with E-state index in [1.807, 2.05) is 0 Å². The van der Waals surface area contributed by atoms with Crippen molar-refractivity contribution in [2.45, 2.75) is 32.1 Å². The molecule has 11 heavy (non-hydrogen) atoms. The highest BCUT2D eigenvalue weighted by Gasteiger charge is 2.15. The molecule has 0 N–H and O–H groups in total. The van der Waals surface area contributed by atoms with Crippen LogP contribution in [-0.4, -0.2) is 29.6 Å². The molecule has 0 aromatic rings. The van der Waals surface area contributed by atoms with E-state index in [1.54, 1.807) is 0 Å². The van der Waals surface area contributed by atoms with Crippen molar-refractivity contribution in [3.63, 3.8) is 0 Å². The van der Waals surface area contributed by atoms with Crippen LogP contribution in [0.3, 0.4) is 0 Å². The molecule has 66 valence electrons. The summed E-state index contributed by atoms with van der Waals surface area (Å²) in [6.45, 7) is 5.94. The summed E-state index contributed by atoms with van der Waals surface area (Å²) in [7, 11) is 2.24. The second-order valence-electron chi connectivity index (χ2n) is 3.66. The summed E-state index contributed by atoms with van der Waals surface area (Å²) in [5, 5.41) is 0.720. The Balaban J connectivity index is 2.38. The van der Waals surface area contributed by atoms with Crippen LogP contribution in [0.25, 0.3) is 0 Å². The van der Waals surface area contributed by atoms with Gasteiger partial charge in [0.25, 0.3) is 0 Å². The Morgan fingerprint density at radius 1 is 1.36 bits per heavy atom. The molecule has 1 rings (SSSR count). The maximum absolute atomic E-state index is 2.47. The third-order valence-corrected chi connectivity index (χ3v) is 3.79. The minimum absolute atomic E-state index is 0.720. The molecule has 2 unspecified atom stereocenters. The first-order chi connectivity index (χ1) is 5.20. The highest BCUT2D eigenvalue weighted by Crippen LogP contribution is 2.22. The number of hydrogen-bond acceptors (Lipinski definition) is 2. The SMILES string of the molecule is CC1CCCSC(C)N(C)C1. The Bertz CT molecular complexity index is 116. The van der Waals surface area contributed by atoms with Crippen LogP contribution in [0.1, 0.15) is 26.7 Å². The number of nitrogens with zero attached hydrogens (tertiary/aromatic N) is 1. The molecular weight excluding hydrogens is 154 g/mol. The number of hydrogen-bond donors (Lipinski definition) is 0. The van der Waals surface area contributed by atoms with E-state index in [1.165, 1.54) is 25.1 Å². The minimum atomic E-state index is 0.720. The predicted molar refractivity (Wildman–Crippen MR) is 52.9 cm³/mol. The lowest BCUT2D eigenvalue weighted by Crippen LogP contribution is -2.32. The van der Waals surface area contributed by atoms with Crippen molar-refractivity contribution in [1.82, 2.24) is 4.90 Å². The summed E-state index contributed by atoms with van der Waals surface area (Å²) in [6, 6.07) is 0. The molecule has 1 saturated heterocycles. The van der Waals surface area contributed by atoms with Gasteiger partial charge in [-0.3, -0.25) is 4.90 Å². The van der Waals surface area contributed by atoms with Crippen molar-refractivity contribution in [2.24, 2.45) is 5.92 Å². The van der Waals surface area contributed by atoms with Crippen molar-refractivity contribution in [3.05, 3.63) is 0 Å². The monoisotopic (exact) mass is 173 g/mol. The molecule has 1 heterocycles. The van der Waals surface area contributed by atoms with E-state index in [4.69, 9.17) is 0 Å². The standard InChI is InChI=1S/C9H19NS/c1-8-5-4-6-11-9(2)10(3)7-8/h8-9H,4-7H2,1-3H3. The van der Waals surface area contributed by atoms with Crippen molar-refractivity contribution < 1.29 is 0 Å². The second kappa shape index (κ2) is 4.36. The van der Waals surface area contributed by atoms with Gasteiger partial charge in [0.2, 0.25) is 0 Å². The first-order valence-corrected chi connectivity index (χ1v) is 5.57. The highest BCUT2D eigenvalue weighted by molar-refractivity contribution is 7.99. The van der Waals surface area contributed by atoms with Gasteiger partial charge in [-0.15, -0.1) is 11.8 Å². The lowest BCUT2D eigenvalue weighted by atomic mass is 10.1. The van der Waals surface area contributed by atoms with Gasteiger partial charge < -0.3 is 0 Å². The van der Waals surface area contributed by atoms with Crippen LogP contribution in [0, 0.1) is 5.92 Å². The predicted octanol–water partition coefficient (Wildman–Crippen LogP) is 2.43. The summed E-state index contributed by atoms with van der Waals surface area (Å²) in [5.41, 5.74) is 0. The van der Waals surface area contributed by atoms with Gasteiger partial charge in [-0.2, -0.15) is 0 Å². The highest BCUT2D eigenvalue weighted by atomic mass is 32.2. The van der Waals surface area contributed by atoms with Crippen LogP contribution in [0.5, 0.6) is 0 Å². The Hall–Kier alpha value is 0.310. The molecule has 1 aliphatic heterocycles. The van der Waals surface area contributed by atoms with Gasteiger partial charge in [-0.05, 0) is 38.5 Å². The molecule has 1 fully saturated rings. The zero-order chi connectivity index (χ0) is 8.27. The van der Waals surface area contributed by atoms with Crippen molar-refractivity contribution >= 4 is 11.8 Å². The number of thioether (sulfide) groups is 1. The maximum atomic E-state index is 2.47. The zero-order valence-corrected chi connectivity index (χ0v) is 8.66. The normalized spacial score (nSPS) is 36.3. The van der Waals surface area contributed by atoms with E-state index in [9.17, 15) is 0 Å². The molecule has 0 amide bonds. The van der Waals surface area contributed by atoms with E-state index in [-0.39, 0.29) is 0 Å². The molecule has 0 bridgehead atoms. The summed E-state index contributed by atoms with van der Waals surface area (Å²) >= 11 is 2.09. The lowest BCUT2D eigenvalue weighted by Gasteiger charge is -2.29. The topological polar surface area (TPSA) is 3.24 Å². The average Bonchev–Trinajstić information content (AvgIpc) is 1.95. The molecule has 0 saturated carbocycles. The molecule has 0 aliphatic carbocycles.